The summed E-state index contributed by atoms with van der Waals surface area (Å²) < 4.78 is 54.6. The molecule has 1 fully saturated rings. The van der Waals surface area contributed by atoms with Gasteiger partial charge in [0.1, 0.15) is 17.7 Å². The first kappa shape index (κ1) is 18.1. The normalized spacial score (nSPS) is 27.2. The lowest BCUT2D eigenvalue weighted by Gasteiger charge is -2.26. The predicted molar refractivity (Wildman–Crippen MR) is 92.4 cm³/mol. The molecule has 0 bridgehead atoms. The van der Waals surface area contributed by atoms with Crippen molar-refractivity contribution in [1.29, 1.82) is 0 Å². The Morgan fingerprint density at radius 2 is 1.72 bits per heavy atom. The molecule has 1 aromatic rings. The van der Waals surface area contributed by atoms with Crippen LogP contribution in [0.1, 0.15) is 44.2 Å². The first-order valence-electron chi connectivity index (χ1n) is 8.46. The summed E-state index contributed by atoms with van der Waals surface area (Å²) in [5, 5.41) is 2.62. The van der Waals surface area contributed by atoms with Gasteiger partial charge >= 0.3 is 0 Å². The van der Waals surface area contributed by atoms with E-state index in [-0.39, 0.29) is 10.9 Å². The number of dihydropyridines is 1. The van der Waals surface area contributed by atoms with E-state index in [2.05, 4.69) is 17.0 Å². The summed E-state index contributed by atoms with van der Waals surface area (Å²) in [5.41, 5.74) is 0.531. The van der Waals surface area contributed by atoms with Crippen molar-refractivity contribution in [3.63, 3.8) is 0 Å². The van der Waals surface area contributed by atoms with Gasteiger partial charge in [-0.05, 0) is 49.3 Å². The van der Waals surface area contributed by atoms with E-state index in [0.29, 0.717) is 11.5 Å². The minimum absolute atomic E-state index is 0.0330. The Hall–Kier alpha value is -1.73. The van der Waals surface area contributed by atoms with Crippen molar-refractivity contribution < 1.29 is 17.2 Å². The summed E-state index contributed by atoms with van der Waals surface area (Å²) in [6, 6.07) is 5.15. The lowest BCUT2D eigenvalue weighted by molar-refractivity contribution is 0.332. The van der Waals surface area contributed by atoms with Gasteiger partial charge in [0.25, 0.3) is 0 Å². The number of hydrogen-bond donors (Lipinski definition) is 2. The smallest absolute Gasteiger partial charge is 0.240 e. The highest BCUT2D eigenvalue weighted by Gasteiger charge is 2.25. The Morgan fingerprint density at radius 1 is 1.08 bits per heavy atom. The molecule has 25 heavy (non-hydrogen) atoms. The molecule has 7 heteroatoms. The van der Waals surface area contributed by atoms with Crippen molar-refractivity contribution >= 4 is 10.0 Å². The highest BCUT2D eigenvalue weighted by molar-refractivity contribution is 7.89. The maximum absolute atomic E-state index is 13.8. The van der Waals surface area contributed by atoms with Crippen LogP contribution in [0.25, 0.3) is 0 Å². The number of sulfonamides is 1. The topological polar surface area (TPSA) is 58.2 Å². The lowest BCUT2D eigenvalue weighted by atomic mass is 9.88. The Morgan fingerprint density at radius 3 is 2.32 bits per heavy atom. The second kappa shape index (κ2) is 7.25. The van der Waals surface area contributed by atoms with Crippen molar-refractivity contribution in [1.82, 2.24) is 10.0 Å². The molecule has 3 rings (SSSR count). The standard InChI is InChI=1S/C18H22F2N2O2S/c1-12-2-6-15(7-3-12)22-25(23,24)16-8-4-13(5-9-16)18-17(20)10-14(19)11-21-18/h4-5,8-12,15,18,21-22H,2-3,6-7H2,1H3/t12-,15+,18?. The van der Waals surface area contributed by atoms with Gasteiger partial charge in [0.05, 0.1) is 4.90 Å². The third kappa shape index (κ3) is 4.27. The largest absolute Gasteiger partial charge is 0.376 e. The minimum atomic E-state index is -3.60. The Balaban J connectivity index is 1.70. The number of rotatable bonds is 4. The predicted octanol–water partition coefficient (Wildman–Crippen LogP) is 3.85. The fourth-order valence-corrected chi connectivity index (χ4v) is 4.56. The first-order valence-corrected chi connectivity index (χ1v) is 9.94. The van der Waals surface area contributed by atoms with E-state index in [0.717, 1.165) is 38.0 Å². The summed E-state index contributed by atoms with van der Waals surface area (Å²) in [7, 11) is -3.60. The molecule has 1 heterocycles. The zero-order valence-corrected chi connectivity index (χ0v) is 14.8. The van der Waals surface area contributed by atoms with Crippen molar-refractivity contribution in [2.75, 3.05) is 0 Å². The average molecular weight is 368 g/mol. The molecule has 4 nitrogen and oxygen atoms in total. The number of allylic oxidation sites excluding steroid dienone is 2. The maximum Gasteiger partial charge on any atom is 0.240 e. The minimum Gasteiger partial charge on any atom is -0.376 e. The molecule has 0 amide bonds. The summed E-state index contributed by atoms with van der Waals surface area (Å²) in [6.07, 6.45) is 5.64. The summed E-state index contributed by atoms with van der Waals surface area (Å²) in [4.78, 5) is 0.150. The van der Waals surface area contributed by atoms with Crippen molar-refractivity contribution in [3.05, 3.63) is 53.8 Å². The van der Waals surface area contributed by atoms with Crippen LogP contribution < -0.4 is 10.0 Å². The van der Waals surface area contributed by atoms with E-state index in [4.69, 9.17) is 0 Å². The zero-order chi connectivity index (χ0) is 18.0. The molecule has 0 saturated heterocycles. The van der Waals surface area contributed by atoms with Crippen LogP contribution in [0.15, 0.2) is 53.1 Å². The SMILES string of the molecule is C[C@H]1CC[C@@H](NS(=O)(=O)c2ccc(C3NC=C(F)C=C3F)cc2)CC1. The van der Waals surface area contributed by atoms with Gasteiger partial charge in [-0.2, -0.15) is 0 Å². The molecular formula is C18H22F2N2O2S. The maximum atomic E-state index is 13.8. The zero-order valence-electron chi connectivity index (χ0n) is 14.0. The second-order valence-corrected chi connectivity index (χ2v) is 8.52. The summed E-state index contributed by atoms with van der Waals surface area (Å²) >= 11 is 0. The van der Waals surface area contributed by atoms with E-state index in [1.165, 1.54) is 12.1 Å². The van der Waals surface area contributed by atoms with Crippen LogP contribution in [0.5, 0.6) is 0 Å². The van der Waals surface area contributed by atoms with Crippen LogP contribution in [0.4, 0.5) is 8.78 Å². The molecule has 1 atom stereocenters. The van der Waals surface area contributed by atoms with Crippen LogP contribution in [0, 0.1) is 5.92 Å². The van der Waals surface area contributed by atoms with E-state index in [9.17, 15) is 17.2 Å². The Bertz CT molecular complexity index is 780. The molecule has 2 N–H and O–H groups in total. The molecule has 1 aliphatic heterocycles. The fraction of sp³-hybridized carbons (Fsp3) is 0.444. The monoisotopic (exact) mass is 368 g/mol. The van der Waals surface area contributed by atoms with E-state index >= 15 is 0 Å². The number of benzene rings is 1. The molecule has 2 aliphatic rings. The molecule has 0 spiro atoms. The number of halogens is 2. The fourth-order valence-electron chi connectivity index (χ4n) is 3.26. The highest BCUT2D eigenvalue weighted by atomic mass is 32.2. The summed E-state index contributed by atoms with van der Waals surface area (Å²) in [5.74, 6) is -0.686. The summed E-state index contributed by atoms with van der Waals surface area (Å²) in [6.45, 7) is 2.18. The molecule has 0 aromatic heterocycles. The van der Waals surface area contributed by atoms with Gasteiger partial charge in [0, 0.05) is 18.3 Å². The van der Waals surface area contributed by atoms with Crippen molar-refractivity contribution in [3.8, 4) is 0 Å². The molecule has 0 radical (unpaired) electrons. The third-order valence-corrected chi connectivity index (χ3v) is 6.34. The lowest BCUT2D eigenvalue weighted by Crippen LogP contribution is -2.37. The second-order valence-electron chi connectivity index (χ2n) is 6.81. The van der Waals surface area contributed by atoms with E-state index in [1.807, 2.05) is 0 Å². The van der Waals surface area contributed by atoms with Gasteiger partial charge < -0.3 is 5.32 Å². The molecule has 136 valence electrons. The number of nitrogens with one attached hydrogen (secondary N) is 2. The molecular weight excluding hydrogens is 346 g/mol. The van der Waals surface area contributed by atoms with Crippen LogP contribution in [0.2, 0.25) is 0 Å². The molecule has 1 aromatic carbocycles. The van der Waals surface area contributed by atoms with Gasteiger partial charge in [-0.15, -0.1) is 0 Å². The molecule has 1 unspecified atom stereocenters. The van der Waals surface area contributed by atoms with E-state index in [1.54, 1.807) is 12.1 Å². The van der Waals surface area contributed by atoms with Crippen LogP contribution >= 0.6 is 0 Å². The van der Waals surface area contributed by atoms with Crippen LogP contribution in [-0.4, -0.2) is 14.5 Å². The quantitative estimate of drug-likeness (QED) is 0.849. The van der Waals surface area contributed by atoms with Gasteiger partial charge in [-0.3, -0.25) is 0 Å². The van der Waals surface area contributed by atoms with Gasteiger partial charge in [0.15, 0.2) is 0 Å². The average Bonchev–Trinajstić information content (AvgIpc) is 2.57. The highest BCUT2D eigenvalue weighted by Crippen LogP contribution is 2.29. The van der Waals surface area contributed by atoms with Crippen molar-refractivity contribution in [2.24, 2.45) is 5.92 Å². The number of hydrogen-bond acceptors (Lipinski definition) is 3. The van der Waals surface area contributed by atoms with Gasteiger partial charge in [-0.25, -0.2) is 21.9 Å². The third-order valence-electron chi connectivity index (χ3n) is 4.80. The van der Waals surface area contributed by atoms with Crippen molar-refractivity contribution in [2.45, 2.75) is 49.6 Å². The van der Waals surface area contributed by atoms with Crippen LogP contribution in [0.3, 0.4) is 0 Å². The molecule has 1 aliphatic carbocycles. The first-order chi connectivity index (χ1) is 11.8. The van der Waals surface area contributed by atoms with Crippen LogP contribution in [-0.2, 0) is 10.0 Å². The van der Waals surface area contributed by atoms with E-state index < -0.39 is 27.7 Å². The Kier molecular flexibility index (Phi) is 5.24. The van der Waals surface area contributed by atoms with Gasteiger partial charge in [0.2, 0.25) is 10.0 Å². The van der Waals surface area contributed by atoms with Gasteiger partial charge in [-0.1, -0.05) is 19.1 Å². The Labute approximate surface area is 147 Å². The molecule has 1 saturated carbocycles.